The number of hydrogen-bond donors (Lipinski definition) is 0. The van der Waals surface area contributed by atoms with Crippen LogP contribution in [0.2, 0.25) is 0 Å². The summed E-state index contributed by atoms with van der Waals surface area (Å²) in [5.41, 5.74) is 3.68. The second-order valence-corrected chi connectivity index (χ2v) is 6.35. The lowest BCUT2D eigenvalue weighted by atomic mass is 9.85. The monoisotopic (exact) mass is 287 g/mol. The van der Waals surface area contributed by atoms with E-state index in [-0.39, 0.29) is 5.41 Å². The van der Waals surface area contributed by atoms with Gasteiger partial charge in [0.15, 0.2) is 0 Å². The van der Waals surface area contributed by atoms with Crippen molar-refractivity contribution in [1.82, 2.24) is 15.0 Å². The molecule has 0 unspecified atom stereocenters. The third-order valence-electron chi connectivity index (χ3n) is 3.65. The lowest BCUT2D eigenvalue weighted by Gasteiger charge is -2.23. The molecule has 0 aliphatic heterocycles. The van der Waals surface area contributed by atoms with Crippen LogP contribution in [-0.2, 0) is 24.8 Å². The van der Waals surface area contributed by atoms with Gasteiger partial charge >= 0.3 is 0 Å². The fraction of sp³-hybridized carbons (Fsp3) is 0.529. The Morgan fingerprint density at radius 3 is 2.52 bits per heavy atom. The molecular weight excluding hydrogens is 262 g/mol. The highest BCUT2D eigenvalue weighted by atomic mass is 16.5. The van der Waals surface area contributed by atoms with Gasteiger partial charge in [-0.2, -0.15) is 0 Å². The van der Waals surface area contributed by atoms with Crippen LogP contribution in [0, 0.1) is 0 Å². The molecule has 0 bridgehead atoms. The van der Waals surface area contributed by atoms with Gasteiger partial charge in [-0.1, -0.05) is 38.1 Å². The molecule has 0 saturated heterocycles. The minimum atomic E-state index is 0.0761. The first kappa shape index (κ1) is 15.5. The van der Waals surface area contributed by atoms with Crippen molar-refractivity contribution in [1.29, 1.82) is 0 Å². The zero-order valence-corrected chi connectivity index (χ0v) is 13.7. The summed E-state index contributed by atoms with van der Waals surface area (Å²) in [4.78, 5) is 0. The van der Waals surface area contributed by atoms with E-state index in [9.17, 15) is 0 Å². The molecule has 0 atom stereocenters. The number of ether oxygens (including phenoxy) is 1. The van der Waals surface area contributed by atoms with E-state index in [1.54, 1.807) is 7.11 Å². The van der Waals surface area contributed by atoms with Crippen molar-refractivity contribution < 1.29 is 4.74 Å². The minimum Gasteiger partial charge on any atom is -0.496 e. The summed E-state index contributed by atoms with van der Waals surface area (Å²) in [6, 6.07) is 6.46. The van der Waals surface area contributed by atoms with Crippen molar-refractivity contribution in [2.75, 3.05) is 7.11 Å². The van der Waals surface area contributed by atoms with Gasteiger partial charge in [0, 0.05) is 12.7 Å². The SMILES string of the molecule is CCn1cc(CCc2ccc(OC)c(C(C)(C)C)c2)nn1. The molecule has 1 heterocycles. The average molecular weight is 287 g/mol. The van der Waals surface area contributed by atoms with Crippen LogP contribution >= 0.6 is 0 Å². The van der Waals surface area contributed by atoms with Gasteiger partial charge in [0.25, 0.3) is 0 Å². The molecule has 0 fully saturated rings. The van der Waals surface area contributed by atoms with E-state index in [4.69, 9.17) is 4.74 Å². The van der Waals surface area contributed by atoms with Crippen LogP contribution in [0.5, 0.6) is 5.75 Å². The van der Waals surface area contributed by atoms with Crippen LogP contribution in [0.1, 0.15) is 44.5 Å². The number of nitrogens with zero attached hydrogens (tertiary/aromatic N) is 3. The molecule has 0 saturated carbocycles. The topological polar surface area (TPSA) is 39.9 Å². The summed E-state index contributed by atoms with van der Waals surface area (Å²) in [7, 11) is 1.73. The van der Waals surface area contributed by atoms with E-state index in [2.05, 4.69) is 56.2 Å². The third-order valence-corrected chi connectivity index (χ3v) is 3.65. The molecule has 0 aliphatic rings. The molecule has 2 rings (SSSR count). The highest BCUT2D eigenvalue weighted by Crippen LogP contribution is 2.32. The van der Waals surface area contributed by atoms with E-state index in [1.807, 2.05) is 10.9 Å². The van der Waals surface area contributed by atoms with Crippen LogP contribution in [0.15, 0.2) is 24.4 Å². The molecule has 21 heavy (non-hydrogen) atoms. The zero-order chi connectivity index (χ0) is 15.5. The van der Waals surface area contributed by atoms with Gasteiger partial charge in [0.1, 0.15) is 5.75 Å². The van der Waals surface area contributed by atoms with Crippen molar-refractivity contribution in [3.63, 3.8) is 0 Å². The molecule has 114 valence electrons. The number of aromatic nitrogens is 3. The van der Waals surface area contributed by atoms with Crippen LogP contribution in [-0.4, -0.2) is 22.1 Å². The second-order valence-electron chi connectivity index (χ2n) is 6.35. The van der Waals surface area contributed by atoms with Gasteiger partial charge in [0.05, 0.1) is 12.8 Å². The normalized spacial score (nSPS) is 11.7. The maximum absolute atomic E-state index is 5.48. The van der Waals surface area contributed by atoms with Crippen molar-refractivity contribution in [2.24, 2.45) is 0 Å². The number of rotatable bonds is 5. The molecule has 4 nitrogen and oxygen atoms in total. The van der Waals surface area contributed by atoms with E-state index < -0.39 is 0 Å². The number of benzene rings is 1. The molecule has 1 aromatic heterocycles. The molecule has 4 heteroatoms. The molecule has 2 aromatic rings. The lowest BCUT2D eigenvalue weighted by molar-refractivity contribution is 0.397. The van der Waals surface area contributed by atoms with Crippen LogP contribution in [0.3, 0.4) is 0 Å². The fourth-order valence-corrected chi connectivity index (χ4v) is 2.38. The van der Waals surface area contributed by atoms with Crippen LogP contribution in [0.25, 0.3) is 0 Å². The van der Waals surface area contributed by atoms with Gasteiger partial charge in [0.2, 0.25) is 0 Å². The van der Waals surface area contributed by atoms with Crippen molar-refractivity contribution in [3.8, 4) is 5.75 Å². The highest BCUT2D eigenvalue weighted by Gasteiger charge is 2.19. The van der Waals surface area contributed by atoms with Gasteiger partial charge in [-0.05, 0) is 42.4 Å². The second kappa shape index (κ2) is 6.29. The third kappa shape index (κ3) is 3.84. The average Bonchev–Trinajstić information content (AvgIpc) is 2.92. The standard InChI is InChI=1S/C17H25N3O/c1-6-20-12-14(18-19-20)9-7-13-8-10-16(21-5)15(11-13)17(2,3)4/h8,10-12H,6-7,9H2,1-5H3. The smallest absolute Gasteiger partial charge is 0.122 e. The maximum atomic E-state index is 5.48. The van der Waals surface area contributed by atoms with E-state index in [0.717, 1.165) is 30.8 Å². The Hall–Kier alpha value is -1.84. The van der Waals surface area contributed by atoms with E-state index in [1.165, 1.54) is 11.1 Å². The number of methoxy groups -OCH3 is 1. The predicted molar refractivity (Wildman–Crippen MR) is 84.8 cm³/mol. The first-order valence-electron chi connectivity index (χ1n) is 7.50. The van der Waals surface area contributed by atoms with Gasteiger partial charge < -0.3 is 4.74 Å². The number of aryl methyl sites for hydroxylation is 3. The summed E-state index contributed by atoms with van der Waals surface area (Å²) >= 11 is 0. The van der Waals surface area contributed by atoms with Crippen LogP contribution < -0.4 is 4.74 Å². The van der Waals surface area contributed by atoms with Crippen molar-refractivity contribution in [3.05, 3.63) is 41.2 Å². The largest absolute Gasteiger partial charge is 0.496 e. The highest BCUT2D eigenvalue weighted by molar-refractivity contribution is 5.41. The molecule has 0 amide bonds. The Morgan fingerprint density at radius 2 is 1.95 bits per heavy atom. The first-order valence-corrected chi connectivity index (χ1v) is 7.50. The van der Waals surface area contributed by atoms with Crippen molar-refractivity contribution >= 4 is 0 Å². The summed E-state index contributed by atoms with van der Waals surface area (Å²) in [6.45, 7) is 9.56. The predicted octanol–water partition coefficient (Wildman–Crippen LogP) is 3.39. The van der Waals surface area contributed by atoms with Gasteiger partial charge in [-0.15, -0.1) is 5.10 Å². The molecule has 0 radical (unpaired) electrons. The Morgan fingerprint density at radius 1 is 1.19 bits per heavy atom. The molecule has 0 aliphatic carbocycles. The first-order chi connectivity index (χ1) is 9.94. The zero-order valence-electron chi connectivity index (χ0n) is 13.7. The van der Waals surface area contributed by atoms with Gasteiger partial charge in [-0.3, -0.25) is 4.68 Å². The Kier molecular flexibility index (Phi) is 4.66. The summed E-state index contributed by atoms with van der Waals surface area (Å²) in [5.74, 6) is 0.961. The number of hydrogen-bond acceptors (Lipinski definition) is 3. The van der Waals surface area contributed by atoms with Crippen molar-refractivity contribution in [2.45, 2.75) is 52.5 Å². The van der Waals surface area contributed by atoms with Gasteiger partial charge in [-0.25, -0.2) is 0 Å². The maximum Gasteiger partial charge on any atom is 0.122 e. The summed E-state index contributed by atoms with van der Waals surface area (Å²) in [5, 5.41) is 8.27. The quantitative estimate of drug-likeness (QED) is 0.846. The summed E-state index contributed by atoms with van der Waals surface area (Å²) in [6.07, 6.45) is 3.90. The Labute approximate surface area is 127 Å². The lowest BCUT2D eigenvalue weighted by Crippen LogP contribution is -2.13. The Balaban J connectivity index is 2.13. The van der Waals surface area contributed by atoms with Crippen LogP contribution in [0.4, 0.5) is 0 Å². The van der Waals surface area contributed by atoms with E-state index in [0.29, 0.717) is 0 Å². The molecule has 1 aromatic carbocycles. The van der Waals surface area contributed by atoms with E-state index >= 15 is 0 Å². The fourth-order valence-electron chi connectivity index (χ4n) is 2.38. The summed E-state index contributed by atoms with van der Waals surface area (Å²) < 4.78 is 7.35. The Bertz CT molecular complexity index is 596. The molecular formula is C17H25N3O. The molecule has 0 N–H and O–H groups in total. The molecule has 0 spiro atoms. The minimum absolute atomic E-state index is 0.0761.